The van der Waals surface area contributed by atoms with E-state index in [0.717, 1.165) is 12.1 Å². The minimum absolute atomic E-state index is 0.0238. The highest BCUT2D eigenvalue weighted by molar-refractivity contribution is 6.30. The molecule has 2 atom stereocenters. The summed E-state index contributed by atoms with van der Waals surface area (Å²) in [6.45, 7) is 1.47. The molecule has 0 amide bonds. The number of esters is 1. The summed E-state index contributed by atoms with van der Waals surface area (Å²) in [5, 5.41) is 9.65. The average molecular weight is 265 g/mol. The number of halogens is 3. The van der Waals surface area contributed by atoms with Crippen LogP contribution in [-0.2, 0) is 9.53 Å². The molecule has 0 aromatic heterocycles. The Morgan fingerprint density at radius 2 is 2.24 bits per heavy atom. The molecule has 0 saturated carbocycles. The van der Waals surface area contributed by atoms with E-state index in [2.05, 4.69) is 4.74 Å². The van der Waals surface area contributed by atoms with E-state index in [4.69, 9.17) is 11.6 Å². The van der Waals surface area contributed by atoms with Crippen molar-refractivity contribution in [2.75, 3.05) is 6.61 Å². The standard InChI is InChI=1S/C11H11ClF2O3/c1-2-17-11(16)9(14)10(15)7-5-6(12)3-4-8(7)13/h3-5,9-10,15H,2H2,1H3. The predicted octanol–water partition coefficient (Wildman–Crippen LogP) is 2.41. The molecule has 0 heterocycles. The summed E-state index contributed by atoms with van der Waals surface area (Å²) >= 11 is 5.59. The summed E-state index contributed by atoms with van der Waals surface area (Å²) in [7, 11) is 0. The first kappa shape index (κ1) is 13.9. The topological polar surface area (TPSA) is 46.5 Å². The van der Waals surface area contributed by atoms with E-state index in [1.165, 1.54) is 13.0 Å². The minimum Gasteiger partial charge on any atom is -0.464 e. The monoisotopic (exact) mass is 264 g/mol. The van der Waals surface area contributed by atoms with Gasteiger partial charge in [-0.05, 0) is 25.1 Å². The van der Waals surface area contributed by atoms with Gasteiger partial charge in [0.15, 0.2) is 0 Å². The fourth-order valence-corrected chi connectivity index (χ4v) is 1.43. The fourth-order valence-electron chi connectivity index (χ4n) is 1.25. The number of hydrogen-bond acceptors (Lipinski definition) is 3. The Labute approximate surface area is 102 Å². The summed E-state index contributed by atoms with van der Waals surface area (Å²) < 4.78 is 31.1. The molecule has 0 aliphatic carbocycles. The summed E-state index contributed by atoms with van der Waals surface area (Å²) in [5.74, 6) is -2.08. The first-order chi connectivity index (χ1) is 7.97. The summed E-state index contributed by atoms with van der Waals surface area (Å²) in [6, 6.07) is 3.30. The number of carbonyl (C=O) groups is 1. The molecule has 3 nitrogen and oxygen atoms in total. The molecular weight excluding hydrogens is 254 g/mol. The SMILES string of the molecule is CCOC(=O)C(F)C(O)c1cc(Cl)ccc1F. The molecule has 0 aliphatic heterocycles. The summed E-state index contributed by atoms with van der Waals surface area (Å²) in [4.78, 5) is 11.0. The van der Waals surface area contributed by atoms with Gasteiger partial charge in [-0.15, -0.1) is 0 Å². The van der Waals surface area contributed by atoms with Crippen LogP contribution in [0.25, 0.3) is 0 Å². The molecule has 0 spiro atoms. The lowest BCUT2D eigenvalue weighted by Gasteiger charge is -2.15. The number of aliphatic hydroxyl groups is 1. The van der Waals surface area contributed by atoms with Gasteiger partial charge >= 0.3 is 5.97 Å². The van der Waals surface area contributed by atoms with Crippen molar-refractivity contribution in [2.24, 2.45) is 0 Å². The predicted molar refractivity (Wildman–Crippen MR) is 57.9 cm³/mol. The van der Waals surface area contributed by atoms with Crippen LogP contribution in [0.4, 0.5) is 8.78 Å². The van der Waals surface area contributed by atoms with E-state index < -0.39 is 24.1 Å². The average Bonchev–Trinajstić information content (AvgIpc) is 2.30. The third kappa shape index (κ3) is 3.38. The second-order valence-electron chi connectivity index (χ2n) is 3.26. The maximum atomic E-state index is 13.4. The van der Waals surface area contributed by atoms with E-state index in [1.54, 1.807) is 0 Å². The maximum absolute atomic E-state index is 13.4. The van der Waals surface area contributed by atoms with Gasteiger partial charge in [0.05, 0.1) is 6.61 Å². The van der Waals surface area contributed by atoms with Gasteiger partial charge in [-0.1, -0.05) is 11.6 Å². The third-order valence-corrected chi connectivity index (χ3v) is 2.30. The van der Waals surface area contributed by atoms with Crippen LogP contribution in [-0.4, -0.2) is 23.9 Å². The maximum Gasteiger partial charge on any atom is 0.343 e. The molecule has 1 rings (SSSR count). The lowest BCUT2D eigenvalue weighted by atomic mass is 10.0. The number of aliphatic hydroxyl groups excluding tert-OH is 1. The number of carbonyl (C=O) groups excluding carboxylic acids is 1. The van der Waals surface area contributed by atoms with Gasteiger partial charge in [-0.2, -0.15) is 0 Å². The normalized spacial score (nSPS) is 14.2. The van der Waals surface area contributed by atoms with Gasteiger partial charge in [0.1, 0.15) is 11.9 Å². The Kier molecular flexibility index (Phi) is 4.84. The Balaban J connectivity index is 2.91. The van der Waals surface area contributed by atoms with Crippen LogP contribution >= 0.6 is 11.6 Å². The van der Waals surface area contributed by atoms with Crippen molar-refractivity contribution in [1.82, 2.24) is 0 Å². The largest absolute Gasteiger partial charge is 0.464 e. The molecule has 0 saturated heterocycles. The van der Waals surface area contributed by atoms with Gasteiger partial charge in [-0.25, -0.2) is 13.6 Å². The van der Waals surface area contributed by atoms with Crippen LogP contribution in [0.5, 0.6) is 0 Å². The van der Waals surface area contributed by atoms with Crippen molar-refractivity contribution < 1.29 is 23.4 Å². The Hall–Kier alpha value is -1.20. The van der Waals surface area contributed by atoms with Crippen molar-refractivity contribution in [1.29, 1.82) is 0 Å². The highest BCUT2D eigenvalue weighted by atomic mass is 35.5. The molecule has 17 heavy (non-hydrogen) atoms. The first-order valence-corrected chi connectivity index (χ1v) is 5.29. The molecule has 6 heteroatoms. The Bertz CT molecular complexity index is 412. The zero-order valence-corrected chi connectivity index (χ0v) is 9.75. The highest BCUT2D eigenvalue weighted by Gasteiger charge is 2.31. The van der Waals surface area contributed by atoms with Crippen LogP contribution in [0.15, 0.2) is 18.2 Å². The van der Waals surface area contributed by atoms with E-state index in [9.17, 15) is 18.7 Å². The Morgan fingerprint density at radius 3 is 2.82 bits per heavy atom. The van der Waals surface area contributed by atoms with Crippen LogP contribution in [0.3, 0.4) is 0 Å². The van der Waals surface area contributed by atoms with Gasteiger partial charge in [-0.3, -0.25) is 0 Å². The lowest BCUT2D eigenvalue weighted by Crippen LogP contribution is -2.26. The zero-order valence-electron chi connectivity index (χ0n) is 8.99. The number of hydrogen-bond donors (Lipinski definition) is 1. The van der Waals surface area contributed by atoms with Crippen LogP contribution in [0.1, 0.15) is 18.6 Å². The molecule has 94 valence electrons. The molecule has 0 fully saturated rings. The van der Waals surface area contributed by atoms with E-state index >= 15 is 0 Å². The van der Waals surface area contributed by atoms with Crippen molar-refractivity contribution in [3.63, 3.8) is 0 Å². The van der Waals surface area contributed by atoms with Crippen LogP contribution < -0.4 is 0 Å². The number of alkyl halides is 1. The molecule has 0 radical (unpaired) electrons. The van der Waals surface area contributed by atoms with E-state index in [-0.39, 0.29) is 17.2 Å². The highest BCUT2D eigenvalue weighted by Crippen LogP contribution is 2.25. The van der Waals surface area contributed by atoms with Gasteiger partial charge in [0, 0.05) is 10.6 Å². The molecule has 2 unspecified atom stereocenters. The Morgan fingerprint density at radius 1 is 1.59 bits per heavy atom. The van der Waals surface area contributed by atoms with Crippen molar-refractivity contribution in [2.45, 2.75) is 19.2 Å². The van der Waals surface area contributed by atoms with Gasteiger partial charge < -0.3 is 9.84 Å². The minimum atomic E-state index is -2.34. The van der Waals surface area contributed by atoms with E-state index in [1.807, 2.05) is 0 Å². The molecule has 1 aromatic rings. The van der Waals surface area contributed by atoms with Gasteiger partial charge in [0.25, 0.3) is 0 Å². The molecule has 0 aliphatic rings. The third-order valence-electron chi connectivity index (χ3n) is 2.07. The molecule has 0 bridgehead atoms. The second-order valence-corrected chi connectivity index (χ2v) is 3.70. The summed E-state index contributed by atoms with van der Waals surface area (Å²) in [6.07, 6.45) is -4.28. The zero-order chi connectivity index (χ0) is 13.0. The van der Waals surface area contributed by atoms with Gasteiger partial charge in [0.2, 0.25) is 6.17 Å². The first-order valence-electron chi connectivity index (χ1n) is 4.91. The molecule has 1 aromatic carbocycles. The van der Waals surface area contributed by atoms with Crippen LogP contribution in [0.2, 0.25) is 5.02 Å². The number of ether oxygens (including phenoxy) is 1. The number of benzene rings is 1. The van der Waals surface area contributed by atoms with Crippen molar-refractivity contribution in [3.05, 3.63) is 34.6 Å². The van der Waals surface area contributed by atoms with Crippen molar-refractivity contribution in [3.8, 4) is 0 Å². The van der Waals surface area contributed by atoms with Crippen LogP contribution in [0, 0.1) is 5.82 Å². The molecular formula is C11H11ClF2O3. The smallest absolute Gasteiger partial charge is 0.343 e. The second kappa shape index (κ2) is 5.93. The van der Waals surface area contributed by atoms with Crippen molar-refractivity contribution >= 4 is 17.6 Å². The quantitative estimate of drug-likeness (QED) is 0.850. The van der Waals surface area contributed by atoms with E-state index in [0.29, 0.717) is 0 Å². The molecule has 1 N–H and O–H groups in total. The number of rotatable bonds is 4. The fraction of sp³-hybridized carbons (Fsp3) is 0.364. The lowest BCUT2D eigenvalue weighted by molar-refractivity contribution is -0.153. The summed E-state index contributed by atoms with van der Waals surface area (Å²) in [5.41, 5.74) is -0.377.